The van der Waals surface area contributed by atoms with Crippen LogP contribution >= 0.6 is 0 Å². The summed E-state index contributed by atoms with van der Waals surface area (Å²) in [5, 5.41) is 7.23. The summed E-state index contributed by atoms with van der Waals surface area (Å²) in [6, 6.07) is 3.82. The topological polar surface area (TPSA) is 114 Å². The number of nitrogens with one attached hydrogen (secondary N) is 1. The summed E-state index contributed by atoms with van der Waals surface area (Å²) in [6.07, 6.45) is 6.45. The molecule has 172 valence electrons. The third-order valence-electron chi connectivity index (χ3n) is 5.99. The molecule has 0 aromatic carbocycles. The Balaban J connectivity index is 1.25. The number of rotatable bonds is 6. The quantitative estimate of drug-likeness (QED) is 0.723. The normalized spacial score (nSPS) is 20.2. The van der Waals surface area contributed by atoms with Crippen molar-refractivity contribution < 1.29 is 18.8 Å². The van der Waals surface area contributed by atoms with Crippen molar-refractivity contribution in [2.45, 2.75) is 45.2 Å². The van der Waals surface area contributed by atoms with Gasteiger partial charge in [0.2, 0.25) is 17.6 Å². The number of aromatic nitrogens is 3. The van der Waals surface area contributed by atoms with Gasteiger partial charge < -0.3 is 19.5 Å². The van der Waals surface area contributed by atoms with E-state index in [1.54, 1.807) is 24.2 Å². The molecule has 4 heterocycles. The Labute approximate surface area is 187 Å². The molecule has 32 heavy (non-hydrogen) atoms. The molecule has 2 amide bonds. The van der Waals surface area contributed by atoms with Gasteiger partial charge in [0.1, 0.15) is 0 Å². The van der Waals surface area contributed by atoms with Crippen LogP contribution in [0.2, 0.25) is 0 Å². The Kier molecular flexibility index (Phi) is 7.31. The lowest BCUT2D eigenvalue weighted by Gasteiger charge is -2.34. The van der Waals surface area contributed by atoms with E-state index in [0.29, 0.717) is 44.5 Å². The molecule has 1 N–H and O–H groups in total. The standard InChI is InChI=1S/C22H30N6O4/c1-2-31-22(30)28-11-7-18(8-12-28)24-21(29)17-6-4-10-27(14-17)15-19-25-20(26-32-19)16-5-3-9-23-13-16/h3,5,9,13,17-18H,2,4,6-8,10-12,14-15H2,1H3,(H,24,29)/t17-/m1/s1. The second-order valence-corrected chi connectivity index (χ2v) is 8.30. The number of piperidine rings is 2. The summed E-state index contributed by atoms with van der Waals surface area (Å²) in [5.41, 5.74) is 0.812. The molecule has 2 aromatic rings. The summed E-state index contributed by atoms with van der Waals surface area (Å²) >= 11 is 0. The first-order valence-corrected chi connectivity index (χ1v) is 11.3. The molecule has 0 radical (unpaired) electrons. The molecule has 4 rings (SSSR count). The van der Waals surface area contributed by atoms with Gasteiger partial charge in [0, 0.05) is 43.6 Å². The van der Waals surface area contributed by atoms with Gasteiger partial charge in [0.25, 0.3) is 0 Å². The highest BCUT2D eigenvalue weighted by atomic mass is 16.6. The number of carbonyl (C=O) groups is 2. The summed E-state index contributed by atoms with van der Waals surface area (Å²) < 4.78 is 10.5. The van der Waals surface area contributed by atoms with Crippen molar-refractivity contribution in [3.05, 3.63) is 30.4 Å². The highest BCUT2D eigenvalue weighted by molar-refractivity contribution is 5.79. The third kappa shape index (κ3) is 5.61. The van der Waals surface area contributed by atoms with E-state index in [2.05, 4.69) is 25.3 Å². The molecule has 2 aromatic heterocycles. The predicted octanol–water partition coefficient (Wildman–Crippen LogP) is 2.08. The number of hydrogen-bond acceptors (Lipinski definition) is 8. The molecule has 10 nitrogen and oxygen atoms in total. The van der Waals surface area contributed by atoms with E-state index in [-0.39, 0.29) is 24.0 Å². The van der Waals surface area contributed by atoms with E-state index >= 15 is 0 Å². The SMILES string of the molecule is CCOC(=O)N1CCC(NC(=O)[C@@H]2CCCN(Cc3nc(-c4cccnc4)no3)C2)CC1. The zero-order valence-electron chi connectivity index (χ0n) is 18.4. The van der Waals surface area contributed by atoms with Gasteiger partial charge in [0.05, 0.1) is 19.1 Å². The average molecular weight is 443 g/mol. The lowest BCUT2D eigenvalue weighted by molar-refractivity contribution is -0.127. The zero-order chi connectivity index (χ0) is 22.3. The molecular formula is C22H30N6O4. The van der Waals surface area contributed by atoms with Gasteiger partial charge in [-0.1, -0.05) is 5.16 Å². The monoisotopic (exact) mass is 442 g/mol. The number of ether oxygens (including phenoxy) is 1. The minimum Gasteiger partial charge on any atom is -0.450 e. The van der Waals surface area contributed by atoms with Crippen LogP contribution in [0.25, 0.3) is 11.4 Å². The maximum atomic E-state index is 12.9. The van der Waals surface area contributed by atoms with Crippen LogP contribution in [-0.4, -0.2) is 75.8 Å². The number of nitrogens with zero attached hydrogens (tertiary/aromatic N) is 5. The molecular weight excluding hydrogens is 412 g/mol. The van der Waals surface area contributed by atoms with E-state index in [1.807, 2.05) is 12.1 Å². The van der Waals surface area contributed by atoms with Crippen LogP contribution in [0.4, 0.5) is 4.79 Å². The van der Waals surface area contributed by atoms with Gasteiger partial charge in [-0.2, -0.15) is 4.98 Å². The van der Waals surface area contributed by atoms with Crippen LogP contribution in [-0.2, 0) is 16.1 Å². The van der Waals surface area contributed by atoms with Crippen molar-refractivity contribution >= 4 is 12.0 Å². The van der Waals surface area contributed by atoms with E-state index in [4.69, 9.17) is 9.26 Å². The Morgan fingerprint density at radius 1 is 1.25 bits per heavy atom. The Hall–Kier alpha value is -3.01. The average Bonchev–Trinajstić information content (AvgIpc) is 3.29. The van der Waals surface area contributed by atoms with Crippen molar-refractivity contribution in [3.8, 4) is 11.4 Å². The minimum absolute atomic E-state index is 0.0625. The van der Waals surface area contributed by atoms with Crippen molar-refractivity contribution in [3.63, 3.8) is 0 Å². The van der Waals surface area contributed by atoms with Gasteiger partial charge in [-0.05, 0) is 51.3 Å². The molecule has 0 spiro atoms. The lowest BCUT2D eigenvalue weighted by Crippen LogP contribution is -2.50. The Bertz CT molecular complexity index is 897. The van der Waals surface area contributed by atoms with Crippen LogP contribution in [0.15, 0.2) is 29.0 Å². The van der Waals surface area contributed by atoms with Crippen molar-refractivity contribution in [1.29, 1.82) is 0 Å². The predicted molar refractivity (Wildman–Crippen MR) is 115 cm³/mol. The van der Waals surface area contributed by atoms with E-state index in [1.165, 1.54) is 0 Å². The molecule has 0 unspecified atom stereocenters. The lowest BCUT2D eigenvalue weighted by atomic mass is 9.96. The van der Waals surface area contributed by atoms with Crippen molar-refractivity contribution in [2.75, 3.05) is 32.8 Å². The fraction of sp³-hybridized carbons (Fsp3) is 0.591. The molecule has 1 atom stereocenters. The molecule has 2 aliphatic rings. The smallest absolute Gasteiger partial charge is 0.409 e. The first-order chi connectivity index (χ1) is 15.6. The van der Waals surface area contributed by atoms with Crippen molar-refractivity contribution in [2.24, 2.45) is 5.92 Å². The van der Waals surface area contributed by atoms with Gasteiger partial charge in [-0.25, -0.2) is 4.79 Å². The molecule has 0 bridgehead atoms. The number of hydrogen-bond donors (Lipinski definition) is 1. The number of pyridine rings is 1. The van der Waals surface area contributed by atoms with E-state index in [9.17, 15) is 9.59 Å². The first-order valence-electron chi connectivity index (χ1n) is 11.3. The van der Waals surface area contributed by atoms with Crippen LogP contribution in [0.3, 0.4) is 0 Å². The van der Waals surface area contributed by atoms with Gasteiger partial charge in [-0.15, -0.1) is 0 Å². The van der Waals surface area contributed by atoms with Gasteiger partial charge in [-0.3, -0.25) is 14.7 Å². The number of amides is 2. The Morgan fingerprint density at radius 3 is 2.84 bits per heavy atom. The fourth-order valence-corrected chi connectivity index (χ4v) is 4.28. The molecule has 2 fully saturated rings. The van der Waals surface area contributed by atoms with Crippen molar-refractivity contribution in [1.82, 2.24) is 30.2 Å². The summed E-state index contributed by atoms with van der Waals surface area (Å²) in [4.78, 5) is 37.2. The third-order valence-corrected chi connectivity index (χ3v) is 5.99. The van der Waals surface area contributed by atoms with Gasteiger partial charge in [0.15, 0.2) is 0 Å². The molecule has 2 aliphatic heterocycles. The minimum atomic E-state index is -0.270. The Morgan fingerprint density at radius 2 is 2.09 bits per heavy atom. The number of likely N-dealkylation sites (tertiary alicyclic amines) is 2. The summed E-state index contributed by atoms with van der Waals surface area (Å²) in [6.45, 7) is 5.48. The van der Waals surface area contributed by atoms with E-state index in [0.717, 1.165) is 37.8 Å². The van der Waals surface area contributed by atoms with E-state index < -0.39 is 0 Å². The van der Waals surface area contributed by atoms with Crippen LogP contribution in [0.1, 0.15) is 38.5 Å². The number of carbonyl (C=O) groups excluding carboxylic acids is 2. The largest absolute Gasteiger partial charge is 0.450 e. The molecule has 0 saturated carbocycles. The molecule has 10 heteroatoms. The highest BCUT2D eigenvalue weighted by Gasteiger charge is 2.30. The molecule has 0 aliphatic carbocycles. The maximum Gasteiger partial charge on any atom is 0.409 e. The summed E-state index contributed by atoms with van der Waals surface area (Å²) in [7, 11) is 0. The van der Waals surface area contributed by atoms with Crippen LogP contribution in [0.5, 0.6) is 0 Å². The second kappa shape index (κ2) is 10.5. The first kappa shape index (κ1) is 22.2. The van der Waals surface area contributed by atoms with Gasteiger partial charge >= 0.3 is 6.09 Å². The summed E-state index contributed by atoms with van der Waals surface area (Å²) in [5.74, 6) is 1.09. The maximum absolute atomic E-state index is 12.9. The zero-order valence-corrected chi connectivity index (χ0v) is 18.4. The second-order valence-electron chi connectivity index (χ2n) is 8.30. The van der Waals surface area contributed by atoms with Crippen LogP contribution in [0, 0.1) is 5.92 Å². The highest BCUT2D eigenvalue weighted by Crippen LogP contribution is 2.21. The van der Waals surface area contributed by atoms with Crippen LogP contribution < -0.4 is 5.32 Å². The fourth-order valence-electron chi connectivity index (χ4n) is 4.28. The molecule has 2 saturated heterocycles.